The Labute approximate surface area is 119 Å². The van der Waals surface area contributed by atoms with Crippen molar-refractivity contribution in [3.8, 4) is 0 Å². The highest BCUT2D eigenvalue weighted by Crippen LogP contribution is 2.19. The molecule has 0 aliphatic heterocycles. The molecular formula is C14H19Cl2NO. The molecule has 0 radical (unpaired) electrons. The van der Waals surface area contributed by atoms with E-state index in [9.17, 15) is 4.79 Å². The number of halogens is 2. The zero-order valence-corrected chi connectivity index (χ0v) is 12.5. The number of rotatable bonds is 5. The number of hydrogen-bond acceptors (Lipinski definition) is 1. The van der Waals surface area contributed by atoms with E-state index in [2.05, 4.69) is 5.32 Å². The number of aryl methyl sites for hydroxylation is 1. The molecule has 0 aliphatic rings. The largest absolute Gasteiger partial charge is 0.347 e. The van der Waals surface area contributed by atoms with Crippen molar-refractivity contribution in [2.75, 3.05) is 5.88 Å². The van der Waals surface area contributed by atoms with Crippen molar-refractivity contribution < 1.29 is 4.79 Å². The lowest BCUT2D eigenvalue weighted by atomic mass is 9.95. The predicted molar refractivity (Wildman–Crippen MR) is 77.7 cm³/mol. The number of carbonyl (C=O) groups excluding carboxylic acids is 1. The van der Waals surface area contributed by atoms with Crippen LogP contribution in [0.1, 0.15) is 42.6 Å². The minimum absolute atomic E-state index is 0.105. The molecule has 2 nitrogen and oxygen atoms in total. The lowest BCUT2D eigenvalue weighted by molar-refractivity contribution is 0.0901. The normalized spacial score (nSPS) is 14.1. The fraction of sp³-hybridized carbons (Fsp3) is 0.500. The molecular weight excluding hydrogens is 269 g/mol. The van der Waals surface area contributed by atoms with Crippen LogP contribution >= 0.6 is 23.2 Å². The average Bonchev–Trinajstić information content (AvgIpc) is 2.32. The third kappa shape index (κ3) is 3.89. The van der Waals surface area contributed by atoms with E-state index in [-0.39, 0.29) is 11.4 Å². The fourth-order valence-corrected chi connectivity index (χ4v) is 2.21. The van der Waals surface area contributed by atoms with E-state index in [1.54, 1.807) is 12.1 Å². The zero-order chi connectivity index (χ0) is 13.8. The average molecular weight is 288 g/mol. The summed E-state index contributed by atoms with van der Waals surface area (Å²) in [5.41, 5.74) is 1.28. The summed E-state index contributed by atoms with van der Waals surface area (Å²) in [5, 5.41) is 3.63. The molecule has 100 valence electrons. The maximum atomic E-state index is 12.1. The Morgan fingerprint density at radius 3 is 2.61 bits per heavy atom. The van der Waals surface area contributed by atoms with Crippen LogP contribution in [-0.4, -0.2) is 17.3 Å². The highest BCUT2D eigenvalue weighted by Gasteiger charge is 2.24. The number of hydrogen-bond donors (Lipinski definition) is 1. The third-order valence-corrected chi connectivity index (χ3v) is 3.87. The molecule has 4 heteroatoms. The van der Waals surface area contributed by atoms with Crippen LogP contribution in [0.25, 0.3) is 0 Å². The second-order valence-corrected chi connectivity index (χ2v) is 5.56. The highest BCUT2D eigenvalue weighted by atomic mass is 35.5. The molecule has 0 heterocycles. The van der Waals surface area contributed by atoms with E-state index < -0.39 is 0 Å². The van der Waals surface area contributed by atoms with E-state index >= 15 is 0 Å². The van der Waals surface area contributed by atoms with Crippen LogP contribution in [0.2, 0.25) is 5.02 Å². The topological polar surface area (TPSA) is 29.1 Å². The van der Waals surface area contributed by atoms with E-state index in [0.29, 0.717) is 16.5 Å². The molecule has 1 amide bonds. The van der Waals surface area contributed by atoms with E-state index in [4.69, 9.17) is 23.2 Å². The summed E-state index contributed by atoms with van der Waals surface area (Å²) in [7, 11) is 0. The highest BCUT2D eigenvalue weighted by molar-refractivity contribution is 6.31. The first-order valence-corrected chi connectivity index (χ1v) is 6.98. The van der Waals surface area contributed by atoms with Crippen molar-refractivity contribution in [3.05, 3.63) is 34.3 Å². The predicted octanol–water partition coefficient (Wildman–Crippen LogP) is 4.18. The fourth-order valence-electron chi connectivity index (χ4n) is 1.62. The van der Waals surface area contributed by atoms with Crippen molar-refractivity contribution >= 4 is 29.1 Å². The van der Waals surface area contributed by atoms with Crippen LogP contribution in [0.15, 0.2) is 18.2 Å². The van der Waals surface area contributed by atoms with Crippen LogP contribution < -0.4 is 5.32 Å². The molecule has 0 saturated heterocycles. The maximum absolute atomic E-state index is 12.1. The molecule has 1 aromatic rings. The molecule has 0 spiro atoms. The Bertz CT molecular complexity index is 434. The summed E-state index contributed by atoms with van der Waals surface area (Å²) < 4.78 is 0. The first-order valence-electron chi connectivity index (χ1n) is 6.06. The number of benzene rings is 1. The van der Waals surface area contributed by atoms with Gasteiger partial charge in [0.2, 0.25) is 0 Å². The van der Waals surface area contributed by atoms with Gasteiger partial charge in [0.05, 0.1) is 0 Å². The minimum Gasteiger partial charge on any atom is -0.347 e. The lowest BCUT2D eigenvalue weighted by Crippen LogP contribution is -2.45. The second kappa shape index (κ2) is 6.44. The van der Waals surface area contributed by atoms with Gasteiger partial charge in [-0.15, -0.1) is 11.6 Å². The summed E-state index contributed by atoms with van der Waals surface area (Å²) >= 11 is 11.8. The van der Waals surface area contributed by atoms with Gasteiger partial charge in [0.15, 0.2) is 0 Å². The Morgan fingerprint density at radius 1 is 1.44 bits per heavy atom. The molecule has 1 N–H and O–H groups in total. The van der Waals surface area contributed by atoms with Crippen molar-refractivity contribution in [2.24, 2.45) is 0 Å². The number of carbonyl (C=O) groups is 1. The van der Waals surface area contributed by atoms with Gasteiger partial charge in [-0.25, -0.2) is 0 Å². The zero-order valence-electron chi connectivity index (χ0n) is 11.0. The second-order valence-electron chi connectivity index (χ2n) is 4.77. The van der Waals surface area contributed by atoms with Gasteiger partial charge < -0.3 is 5.32 Å². The first kappa shape index (κ1) is 15.3. The number of alkyl halides is 1. The molecule has 1 atom stereocenters. The third-order valence-electron chi connectivity index (χ3n) is 3.28. The maximum Gasteiger partial charge on any atom is 0.251 e. The quantitative estimate of drug-likeness (QED) is 0.809. The van der Waals surface area contributed by atoms with Gasteiger partial charge in [-0.2, -0.15) is 0 Å². The molecule has 0 fully saturated rings. The number of amides is 1. The van der Waals surface area contributed by atoms with Gasteiger partial charge >= 0.3 is 0 Å². The van der Waals surface area contributed by atoms with Gasteiger partial charge in [0.25, 0.3) is 5.91 Å². The molecule has 0 bridgehead atoms. The minimum atomic E-state index is -0.268. The smallest absolute Gasteiger partial charge is 0.251 e. The van der Waals surface area contributed by atoms with E-state index in [1.165, 1.54) is 0 Å². The molecule has 1 unspecified atom stereocenters. The van der Waals surface area contributed by atoms with Gasteiger partial charge in [0.1, 0.15) is 0 Å². The van der Waals surface area contributed by atoms with Crippen molar-refractivity contribution in [1.29, 1.82) is 0 Å². The molecule has 18 heavy (non-hydrogen) atoms. The van der Waals surface area contributed by atoms with Crippen molar-refractivity contribution in [1.82, 2.24) is 5.32 Å². The standard InChI is InChI=1S/C14H19Cl2NO/c1-4-14(3,7-8-15)17-13(18)11-6-5-10(2)12(16)9-11/h5-6,9H,4,7-8H2,1-3H3,(H,17,18). The van der Waals surface area contributed by atoms with Crippen molar-refractivity contribution in [2.45, 2.75) is 39.2 Å². The monoisotopic (exact) mass is 287 g/mol. The molecule has 0 saturated carbocycles. The number of nitrogens with one attached hydrogen (secondary N) is 1. The summed E-state index contributed by atoms with van der Waals surface area (Å²) in [4.78, 5) is 12.1. The summed E-state index contributed by atoms with van der Waals surface area (Å²) in [6, 6.07) is 5.33. The molecule has 0 aliphatic carbocycles. The van der Waals surface area contributed by atoms with Crippen LogP contribution in [0.4, 0.5) is 0 Å². The van der Waals surface area contributed by atoms with Crippen LogP contribution in [0, 0.1) is 6.92 Å². The van der Waals surface area contributed by atoms with Gasteiger partial charge in [-0.1, -0.05) is 24.6 Å². The van der Waals surface area contributed by atoms with Gasteiger partial charge in [-0.05, 0) is 44.4 Å². The molecule has 0 aromatic heterocycles. The molecule has 1 aromatic carbocycles. The summed E-state index contributed by atoms with van der Waals surface area (Å²) in [6.07, 6.45) is 1.58. The lowest BCUT2D eigenvalue weighted by Gasteiger charge is -2.29. The van der Waals surface area contributed by atoms with Crippen LogP contribution in [-0.2, 0) is 0 Å². The van der Waals surface area contributed by atoms with Gasteiger partial charge in [0, 0.05) is 22.0 Å². The Kier molecular flexibility index (Phi) is 5.48. The Balaban J connectivity index is 2.84. The first-order chi connectivity index (χ1) is 8.41. The summed E-state index contributed by atoms with van der Waals surface area (Å²) in [6.45, 7) is 5.95. The van der Waals surface area contributed by atoms with Crippen LogP contribution in [0.3, 0.4) is 0 Å². The van der Waals surface area contributed by atoms with E-state index in [0.717, 1.165) is 18.4 Å². The van der Waals surface area contributed by atoms with E-state index in [1.807, 2.05) is 26.8 Å². The van der Waals surface area contributed by atoms with Gasteiger partial charge in [-0.3, -0.25) is 4.79 Å². The SMILES string of the molecule is CCC(C)(CCCl)NC(=O)c1ccc(C)c(Cl)c1. The van der Waals surface area contributed by atoms with Crippen LogP contribution in [0.5, 0.6) is 0 Å². The Morgan fingerprint density at radius 2 is 2.11 bits per heavy atom. The summed E-state index contributed by atoms with van der Waals surface area (Å²) in [5.74, 6) is 0.422. The Hall–Kier alpha value is -0.730. The molecule has 1 rings (SSSR count). The van der Waals surface area contributed by atoms with Crippen molar-refractivity contribution in [3.63, 3.8) is 0 Å².